The van der Waals surface area contributed by atoms with Crippen LogP contribution >= 0.6 is 23.7 Å². The Balaban J connectivity index is 2.37. The van der Waals surface area contributed by atoms with Crippen molar-refractivity contribution in [2.24, 2.45) is 5.14 Å². The number of ether oxygens (including phenoxy) is 1. The van der Waals surface area contributed by atoms with Crippen molar-refractivity contribution in [3.63, 3.8) is 0 Å². The molecule has 0 bridgehead atoms. The van der Waals surface area contributed by atoms with E-state index in [9.17, 15) is 0 Å². The summed E-state index contributed by atoms with van der Waals surface area (Å²) in [5, 5.41) is 5.42. The Morgan fingerprint density at radius 1 is 1.78 bits per heavy atom. The lowest BCUT2D eigenvalue weighted by atomic mass is 10.4. The maximum absolute atomic E-state index is 5.43. The van der Waals surface area contributed by atoms with Gasteiger partial charge in [-0.1, -0.05) is 0 Å². The first-order valence-corrected chi connectivity index (χ1v) is 4.90. The van der Waals surface area contributed by atoms with E-state index in [0.29, 0.717) is 0 Å². The molecule has 0 aliphatic carbocycles. The maximum Gasteiger partial charge on any atom is 0.133 e. The molecule has 1 unspecified atom stereocenters. The Morgan fingerprint density at radius 2 is 2.56 bits per heavy atom. The van der Waals surface area contributed by atoms with Gasteiger partial charge >= 0.3 is 0 Å². The van der Waals surface area contributed by atoms with Crippen molar-refractivity contribution in [2.45, 2.75) is 11.9 Å². The van der Waals surface area contributed by atoms with Crippen molar-refractivity contribution in [2.75, 3.05) is 18.1 Å². The molecule has 1 rings (SSSR count). The summed E-state index contributed by atoms with van der Waals surface area (Å²) in [6, 6.07) is 0. The minimum absolute atomic E-state index is 0.122. The summed E-state index contributed by atoms with van der Waals surface area (Å²) in [5.74, 6) is 2.12. The summed E-state index contributed by atoms with van der Waals surface area (Å²) in [4.78, 5) is -0.122. The Bertz CT molecular complexity index is 93.0. The van der Waals surface area contributed by atoms with Crippen molar-refractivity contribution in [3.05, 3.63) is 0 Å². The topological polar surface area (TPSA) is 35.2 Å². The molecule has 0 radical (unpaired) electrons. The Kier molecular flexibility index (Phi) is 2.70. The summed E-state index contributed by atoms with van der Waals surface area (Å²) in [6.45, 7) is 2.87. The second-order valence-electron chi connectivity index (χ2n) is 2.15. The van der Waals surface area contributed by atoms with E-state index in [1.54, 1.807) is 0 Å². The van der Waals surface area contributed by atoms with E-state index in [-0.39, 0.29) is 4.93 Å². The van der Waals surface area contributed by atoms with Crippen molar-refractivity contribution in [3.8, 4) is 0 Å². The van der Waals surface area contributed by atoms with E-state index >= 15 is 0 Å². The average Bonchev–Trinajstić information content (AvgIpc) is 1.90. The largest absolute Gasteiger partial charge is 0.362 e. The predicted molar refractivity (Wildman–Crippen MR) is 43.5 cm³/mol. The molecule has 1 heterocycles. The van der Waals surface area contributed by atoms with Gasteiger partial charge in [0.25, 0.3) is 0 Å². The molecule has 54 valence electrons. The van der Waals surface area contributed by atoms with Crippen LogP contribution in [0.2, 0.25) is 0 Å². The fourth-order valence-corrected chi connectivity index (χ4v) is 2.16. The number of hydrogen-bond acceptors (Lipinski definition) is 4. The summed E-state index contributed by atoms with van der Waals surface area (Å²) in [7, 11) is 0. The van der Waals surface area contributed by atoms with Gasteiger partial charge in [0.2, 0.25) is 0 Å². The van der Waals surface area contributed by atoms with E-state index in [1.807, 2.05) is 18.7 Å². The predicted octanol–water partition coefficient (Wildman–Crippen LogP) is 1.07. The summed E-state index contributed by atoms with van der Waals surface area (Å²) >= 11 is 3.21. The third-order valence-electron chi connectivity index (χ3n) is 1.25. The number of rotatable bonds is 1. The van der Waals surface area contributed by atoms with Crippen LogP contribution in [0.25, 0.3) is 0 Å². The monoisotopic (exact) mass is 165 g/mol. The van der Waals surface area contributed by atoms with Crippen LogP contribution in [0.1, 0.15) is 6.92 Å². The SMILES string of the molecule is CC1(SN)CSCCO1. The third-order valence-corrected chi connectivity index (χ3v) is 3.40. The highest BCUT2D eigenvalue weighted by atomic mass is 32.2. The van der Waals surface area contributed by atoms with Crippen molar-refractivity contribution >= 4 is 23.7 Å². The van der Waals surface area contributed by atoms with Gasteiger partial charge in [0, 0.05) is 11.5 Å². The number of thioether (sulfide) groups is 1. The number of hydrogen-bond donors (Lipinski definition) is 1. The van der Waals surface area contributed by atoms with Crippen LogP contribution in [0.4, 0.5) is 0 Å². The summed E-state index contributed by atoms with van der Waals surface area (Å²) < 4.78 is 5.43. The van der Waals surface area contributed by atoms with Crippen molar-refractivity contribution in [1.29, 1.82) is 0 Å². The molecule has 0 spiro atoms. The standard InChI is InChI=1S/C5H11NOS2/c1-5(9-6)4-8-3-2-7-5/h2-4,6H2,1H3. The van der Waals surface area contributed by atoms with E-state index in [0.717, 1.165) is 18.1 Å². The highest BCUT2D eigenvalue weighted by molar-refractivity contribution is 8.02. The van der Waals surface area contributed by atoms with Crippen LogP contribution in [-0.2, 0) is 4.74 Å². The summed E-state index contributed by atoms with van der Waals surface area (Å²) in [6.07, 6.45) is 0. The lowest BCUT2D eigenvalue weighted by molar-refractivity contribution is 0.0620. The minimum Gasteiger partial charge on any atom is -0.362 e. The molecule has 0 amide bonds. The Labute approximate surface area is 64.0 Å². The molecule has 1 atom stereocenters. The third kappa shape index (κ3) is 2.04. The second kappa shape index (κ2) is 3.14. The van der Waals surface area contributed by atoms with Crippen LogP contribution < -0.4 is 5.14 Å². The highest BCUT2D eigenvalue weighted by Gasteiger charge is 2.27. The first kappa shape index (κ1) is 7.72. The van der Waals surface area contributed by atoms with Crippen LogP contribution in [0.5, 0.6) is 0 Å². The van der Waals surface area contributed by atoms with Gasteiger partial charge in [-0.3, -0.25) is 5.14 Å². The molecule has 0 aromatic rings. The lowest BCUT2D eigenvalue weighted by Crippen LogP contribution is -2.34. The van der Waals surface area contributed by atoms with Crippen molar-refractivity contribution in [1.82, 2.24) is 0 Å². The molecule has 1 saturated heterocycles. The van der Waals surface area contributed by atoms with E-state index in [1.165, 1.54) is 11.9 Å². The Morgan fingerprint density at radius 3 is 2.89 bits per heavy atom. The van der Waals surface area contributed by atoms with Crippen LogP contribution in [0, 0.1) is 0 Å². The van der Waals surface area contributed by atoms with Crippen LogP contribution in [0.3, 0.4) is 0 Å². The molecule has 0 saturated carbocycles. The maximum atomic E-state index is 5.43. The minimum atomic E-state index is -0.122. The fraction of sp³-hybridized carbons (Fsp3) is 1.00. The zero-order valence-electron chi connectivity index (χ0n) is 5.42. The number of nitrogens with two attached hydrogens (primary N) is 1. The first-order chi connectivity index (χ1) is 4.27. The molecule has 1 aliphatic heterocycles. The van der Waals surface area contributed by atoms with Gasteiger partial charge in [-0.2, -0.15) is 11.8 Å². The lowest BCUT2D eigenvalue weighted by Gasteiger charge is -2.30. The Hall–Kier alpha value is 0.620. The average molecular weight is 165 g/mol. The van der Waals surface area contributed by atoms with Crippen LogP contribution in [-0.4, -0.2) is 23.0 Å². The van der Waals surface area contributed by atoms with Gasteiger partial charge in [0.05, 0.1) is 6.61 Å². The van der Waals surface area contributed by atoms with Gasteiger partial charge in [0.1, 0.15) is 4.93 Å². The van der Waals surface area contributed by atoms with E-state index in [4.69, 9.17) is 9.88 Å². The molecular weight excluding hydrogens is 154 g/mol. The second-order valence-corrected chi connectivity index (χ2v) is 4.36. The molecule has 9 heavy (non-hydrogen) atoms. The van der Waals surface area contributed by atoms with E-state index in [2.05, 4.69) is 0 Å². The van der Waals surface area contributed by atoms with Gasteiger partial charge in [-0.15, -0.1) is 0 Å². The zero-order chi connectivity index (χ0) is 6.74. The first-order valence-electron chi connectivity index (χ1n) is 2.86. The van der Waals surface area contributed by atoms with Gasteiger partial charge in [-0.05, 0) is 18.9 Å². The quantitative estimate of drug-likeness (QED) is 0.590. The smallest absolute Gasteiger partial charge is 0.133 e. The molecule has 2 N–H and O–H groups in total. The fourth-order valence-electron chi connectivity index (χ4n) is 0.684. The van der Waals surface area contributed by atoms with Gasteiger partial charge < -0.3 is 4.74 Å². The molecule has 0 aromatic carbocycles. The van der Waals surface area contributed by atoms with E-state index < -0.39 is 0 Å². The zero-order valence-corrected chi connectivity index (χ0v) is 7.06. The molecule has 4 heteroatoms. The molecule has 0 aromatic heterocycles. The summed E-state index contributed by atoms with van der Waals surface area (Å²) in [5.41, 5.74) is 0. The van der Waals surface area contributed by atoms with Gasteiger partial charge in [-0.25, -0.2) is 0 Å². The molecular formula is C5H11NOS2. The van der Waals surface area contributed by atoms with Crippen LogP contribution in [0.15, 0.2) is 0 Å². The van der Waals surface area contributed by atoms with Gasteiger partial charge in [0.15, 0.2) is 0 Å². The normalized spacial score (nSPS) is 36.7. The highest BCUT2D eigenvalue weighted by Crippen LogP contribution is 2.29. The molecule has 2 nitrogen and oxygen atoms in total. The van der Waals surface area contributed by atoms with Crippen molar-refractivity contribution < 1.29 is 4.74 Å². The molecule has 1 fully saturated rings. The molecule has 1 aliphatic rings.